The predicted molar refractivity (Wildman–Crippen MR) is 98.6 cm³/mol. The van der Waals surface area contributed by atoms with Gasteiger partial charge in [0.1, 0.15) is 0 Å². The van der Waals surface area contributed by atoms with Crippen molar-refractivity contribution in [1.82, 2.24) is 16.0 Å². The highest BCUT2D eigenvalue weighted by atomic mass is 15.0. The Bertz CT molecular complexity index is 196. The highest BCUT2D eigenvalue weighted by Gasteiger charge is 2.26. The fourth-order valence-corrected chi connectivity index (χ4v) is 3.75. The van der Waals surface area contributed by atoms with Gasteiger partial charge in [-0.05, 0) is 77.5 Å². The molecule has 0 radical (unpaired) electrons. The Kier molecular flexibility index (Phi) is 12.1. The lowest BCUT2D eigenvalue weighted by atomic mass is 10.1. The van der Waals surface area contributed by atoms with E-state index in [1.165, 1.54) is 103 Å². The minimum atomic E-state index is 0. The van der Waals surface area contributed by atoms with Crippen LogP contribution in [0, 0.1) is 0 Å². The lowest BCUT2D eigenvalue weighted by Crippen LogP contribution is -2.33. The summed E-state index contributed by atoms with van der Waals surface area (Å²) in [5.74, 6) is 0. The molecule has 2 bridgehead atoms. The fraction of sp³-hybridized carbons (Fsp3) is 1.00. The van der Waals surface area contributed by atoms with Crippen molar-refractivity contribution in [2.45, 2.75) is 96.6 Å². The first-order valence-corrected chi connectivity index (χ1v) is 9.62. The largest absolute Gasteiger partial charge is 0.317 e. The van der Waals surface area contributed by atoms with Gasteiger partial charge < -0.3 is 16.0 Å². The lowest BCUT2D eigenvalue weighted by molar-refractivity contribution is 0.406. The molecule has 2 unspecified atom stereocenters. The van der Waals surface area contributed by atoms with Gasteiger partial charge in [0.2, 0.25) is 0 Å². The van der Waals surface area contributed by atoms with Crippen LogP contribution in [0.5, 0.6) is 0 Å². The molecule has 22 heavy (non-hydrogen) atoms. The molecule has 0 aromatic heterocycles. The minimum Gasteiger partial charge on any atom is -0.317 e. The molecule has 4 heterocycles. The molecule has 3 N–H and O–H groups in total. The second kappa shape index (κ2) is 13.3. The Morgan fingerprint density at radius 3 is 1.23 bits per heavy atom. The molecule has 0 aliphatic carbocycles. The Balaban J connectivity index is 0.000000163. The molecule has 3 nitrogen and oxygen atoms in total. The van der Waals surface area contributed by atoms with E-state index in [1.807, 2.05) is 0 Å². The van der Waals surface area contributed by atoms with Crippen LogP contribution in [0.2, 0.25) is 0 Å². The van der Waals surface area contributed by atoms with E-state index in [9.17, 15) is 0 Å². The summed E-state index contributed by atoms with van der Waals surface area (Å²) in [6, 6.07) is 1.82. The van der Waals surface area contributed by atoms with Gasteiger partial charge in [-0.3, -0.25) is 0 Å². The Morgan fingerprint density at radius 1 is 0.455 bits per heavy atom. The van der Waals surface area contributed by atoms with E-state index in [-0.39, 0.29) is 7.43 Å². The lowest BCUT2D eigenvalue weighted by Gasteiger charge is -2.19. The van der Waals surface area contributed by atoms with Crippen LogP contribution in [-0.4, -0.2) is 38.3 Å². The molecule has 4 aliphatic rings. The van der Waals surface area contributed by atoms with E-state index in [0.29, 0.717) is 0 Å². The first-order valence-electron chi connectivity index (χ1n) is 9.62. The van der Waals surface area contributed by atoms with E-state index >= 15 is 0 Å². The minimum absolute atomic E-state index is 0. The quantitative estimate of drug-likeness (QED) is 0.636. The van der Waals surface area contributed by atoms with E-state index in [0.717, 1.165) is 12.1 Å². The Hall–Kier alpha value is -0.120. The third-order valence-electron chi connectivity index (χ3n) is 5.10. The molecule has 132 valence electrons. The zero-order valence-corrected chi connectivity index (χ0v) is 14.0. The third kappa shape index (κ3) is 9.12. The van der Waals surface area contributed by atoms with Crippen LogP contribution in [0.4, 0.5) is 0 Å². The van der Waals surface area contributed by atoms with E-state index in [1.54, 1.807) is 0 Å². The normalized spacial score (nSPS) is 30.5. The van der Waals surface area contributed by atoms with Crippen LogP contribution in [0.1, 0.15) is 84.5 Å². The average Bonchev–Trinajstić information content (AvgIpc) is 2.79. The van der Waals surface area contributed by atoms with Crippen molar-refractivity contribution in [2.24, 2.45) is 0 Å². The number of nitrogens with one attached hydrogen (secondary N) is 3. The van der Waals surface area contributed by atoms with Crippen LogP contribution >= 0.6 is 0 Å². The molecule has 4 saturated heterocycles. The molecule has 2 atom stereocenters. The summed E-state index contributed by atoms with van der Waals surface area (Å²) in [4.78, 5) is 0. The Morgan fingerprint density at radius 2 is 0.864 bits per heavy atom. The molecule has 0 spiro atoms. The number of piperidine rings is 2. The SMILES string of the molecule is C.C1CC2CCC(C1)N2.C1CCCNCC1.C1CCNCC1. The molecule has 3 heteroatoms. The van der Waals surface area contributed by atoms with Crippen molar-refractivity contribution < 1.29 is 0 Å². The summed E-state index contributed by atoms with van der Waals surface area (Å²) < 4.78 is 0. The molecular weight excluding hydrogens is 270 g/mol. The maximum absolute atomic E-state index is 3.59. The van der Waals surface area contributed by atoms with Gasteiger partial charge in [0.05, 0.1) is 0 Å². The zero-order chi connectivity index (χ0) is 14.6. The van der Waals surface area contributed by atoms with Crippen molar-refractivity contribution in [3.05, 3.63) is 0 Å². The van der Waals surface area contributed by atoms with Crippen LogP contribution in [0.3, 0.4) is 0 Å². The molecule has 0 aromatic rings. The molecular formula is C19H41N3. The summed E-state index contributed by atoms with van der Waals surface area (Å²) in [7, 11) is 0. The number of hydrogen-bond acceptors (Lipinski definition) is 3. The summed E-state index contributed by atoms with van der Waals surface area (Å²) in [5, 5.41) is 10.2. The first-order chi connectivity index (χ1) is 10.4. The van der Waals surface area contributed by atoms with Crippen molar-refractivity contribution in [3.63, 3.8) is 0 Å². The maximum atomic E-state index is 3.59. The van der Waals surface area contributed by atoms with Gasteiger partial charge in [-0.2, -0.15) is 0 Å². The standard InChI is InChI=1S/C7H13N.C6H13N.C5H11N.CH4/c1-2-6-4-5-7(3-1)8-6;1-2-4-6-7-5-3-1;1-2-4-6-5-3-1;/h6-8H,1-5H2;7H,1-6H2;6H,1-5H2;1H4. The van der Waals surface area contributed by atoms with Gasteiger partial charge >= 0.3 is 0 Å². The first kappa shape index (κ1) is 19.9. The van der Waals surface area contributed by atoms with Gasteiger partial charge in [-0.25, -0.2) is 0 Å². The summed E-state index contributed by atoms with van der Waals surface area (Å²) >= 11 is 0. The van der Waals surface area contributed by atoms with Crippen molar-refractivity contribution in [1.29, 1.82) is 0 Å². The topological polar surface area (TPSA) is 36.1 Å². The van der Waals surface area contributed by atoms with E-state index in [4.69, 9.17) is 0 Å². The molecule has 4 fully saturated rings. The van der Waals surface area contributed by atoms with Crippen LogP contribution in [0.25, 0.3) is 0 Å². The maximum Gasteiger partial charge on any atom is 0.00702 e. The molecule has 0 saturated carbocycles. The van der Waals surface area contributed by atoms with E-state index in [2.05, 4.69) is 16.0 Å². The second-order valence-electron chi connectivity index (χ2n) is 7.04. The summed E-state index contributed by atoms with van der Waals surface area (Å²) in [5.41, 5.74) is 0. The molecule has 0 aromatic carbocycles. The molecule has 4 aliphatic heterocycles. The van der Waals surface area contributed by atoms with Gasteiger partial charge in [0.25, 0.3) is 0 Å². The number of rotatable bonds is 0. The predicted octanol–water partition coefficient (Wildman–Crippen LogP) is 3.84. The van der Waals surface area contributed by atoms with Gasteiger partial charge in [0.15, 0.2) is 0 Å². The highest BCUT2D eigenvalue weighted by Crippen LogP contribution is 2.25. The van der Waals surface area contributed by atoms with Crippen molar-refractivity contribution in [2.75, 3.05) is 26.2 Å². The molecule has 0 amide bonds. The Labute approximate surface area is 139 Å². The fourth-order valence-electron chi connectivity index (χ4n) is 3.75. The zero-order valence-electron chi connectivity index (χ0n) is 14.0. The number of hydrogen-bond donors (Lipinski definition) is 3. The van der Waals surface area contributed by atoms with Crippen molar-refractivity contribution >= 4 is 0 Å². The average molecular weight is 312 g/mol. The smallest absolute Gasteiger partial charge is 0.00702 e. The van der Waals surface area contributed by atoms with Crippen LogP contribution in [-0.2, 0) is 0 Å². The summed E-state index contributed by atoms with van der Waals surface area (Å²) in [6.07, 6.45) is 17.1. The van der Waals surface area contributed by atoms with Gasteiger partial charge in [0, 0.05) is 12.1 Å². The number of fused-ring (bicyclic) bond motifs is 2. The summed E-state index contributed by atoms with van der Waals surface area (Å²) in [6.45, 7) is 5.00. The third-order valence-corrected chi connectivity index (χ3v) is 5.10. The van der Waals surface area contributed by atoms with Gasteiger partial charge in [-0.15, -0.1) is 0 Å². The van der Waals surface area contributed by atoms with E-state index < -0.39 is 0 Å². The van der Waals surface area contributed by atoms with Gasteiger partial charge in [-0.1, -0.05) is 33.1 Å². The van der Waals surface area contributed by atoms with Crippen molar-refractivity contribution in [3.8, 4) is 0 Å². The second-order valence-corrected chi connectivity index (χ2v) is 7.04. The van der Waals surface area contributed by atoms with Crippen LogP contribution < -0.4 is 16.0 Å². The highest BCUT2D eigenvalue weighted by molar-refractivity contribution is 4.87. The monoisotopic (exact) mass is 311 g/mol. The molecule has 4 rings (SSSR count). The van der Waals surface area contributed by atoms with Crippen LogP contribution in [0.15, 0.2) is 0 Å².